The van der Waals surface area contributed by atoms with Gasteiger partial charge in [-0.1, -0.05) is 0 Å². The van der Waals surface area contributed by atoms with E-state index in [1.165, 1.54) is 25.0 Å². The summed E-state index contributed by atoms with van der Waals surface area (Å²) in [5.41, 5.74) is -0.0314. The molecule has 4 nitrogen and oxygen atoms in total. The zero-order valence-corrected chi connectivity index (χ0v) is 12.0. The topological polar surface area (TPSA) is 46.6 Å². The van der Waals surface area contributed by atoms with Crippen molar-refractivity contribution in [3.05, 3.63) is 34.9 Å². The Morgan fingerprint density at radius 1 is 1.24 bits per heavy atom. The third-order valence-electron chi connectivity index (χ3n) is 3.72. The van der Waals surface area contributed by atoms with Crippen LogP contribution in [0.15, 0.2) is 12.1 Å². The second kappa shape index (κ2) is 6.20. The largest absolute Gasteiger partial charge is 0.467 e. The Morgan fingerprint density at radius 2 is 1.95 bits per heavy atom. The third-order valence-corrected chi connectivity index (χ3v) is 3.72. The van der Waals surface area contributed by atoms with Crippen molar-refractivity contribution in [1.82, 2.24) is 4.90 Å². The number of hydrogen-bond donors (Lipinski definition) is 0. The average Bonchev–Trinajstić information content (AvgIpc) is 2.49. The van der Waals surface area contributed by atoms with Crippen molar-refractivity contribution in [2.45, 2.75) is 32.2 Å². The van der Waals surface area contributed by atoms with Gasteiger partial charge in [0.2, 0.25) is 0 Å². The van der Waals surface area contributed by atoms with Gasteiger partial charge in [-0.2, -0.15) is 0 Å². The highest BCUT2D eigenvalue weighted by molar-refractivity contribution is 5.97. The van der Waals surface area contributed by atoms with Crippen LogP contribution < -0.4 is 0 Å². The first kappa shape index (κ1) is 15.4. The highest BCUT2D eigenvalue weighted by Crippen LogP contribution is 2.23. The molecule has 1 fully saturated rings. The molecule has 1 saturated heterocycles. The normalized spacial score (nSPS) is 18.5. The molecule has 1 aromatic rings. The Kier molecular flexibility index (Phi) is 4.55. The van der Waals surface area contributed by atoms with Gasteiger partial charge in [0.1, 0.15) is 17.7 Å². The smallest absolute Gasteiger partial charge is 0.328 e. The molecule has 0 saturated carbocycles. The molecule has 1 aliphatic rings. The van der Waals surface area contributed by atoms with Crippen molar-refractivity contribution in [2.75, 3.05) is 13.7 Å². The van der Waals surface area contributed by atoms with E-state index >= 15 is 0 Å². The van der Waals surface area contributed by atoms with Crippen molar-refractivity contribution in [3.63, 3.8) is 0 Å². The van der Waals surface area contributed by atoms with Gasteiger partial charge < -0.3 is 9.64 Å². The number of halogens is 2. The summed E-state index contributed by atoms with van der Waals surface area (Å²) in [4.78, 5) is 25.5. The van der Waals surface area contributed by atoms with Crippen molar-refractivity contribution in [2.24, 2.45) is 0 Å². The molecule has 6 heteroatoms. The number of piperidine rings is 1. The molecule has 0 spiro atoms. The Hall–Kier alpha value is -1.98. The number of benzene rings is 1. The first-order valence-electron chi connectivity index (χ1n) is 6.80. The van der Waals surface area contributed by atoms with E-state index in [9.17, 15) is 18.4 Å². The minimum absolute atomic E-state index is 0.186. The maximum Gasteiger partial charge on any atom is 0.328 e. The van der Waals surface area contributed by atoms with Crippen LogP contribution in [0.1, 0.15) is 35.2 Å². The monoisotopic (exact) mass is 297 g/mol. The Labute approximate surface area is 121 Å². The molecule has 21 heavy (non-hydrogen) atoms. The first-order valence-corrected chi connectivity index (χ1v) is 6.80. The molecular weight excluding hydrogens is 280 g/mol. The van der Waals surface area contributed by atoms with Gasteiger partial charge >= 0.3 is 5.97 Å². The van der Waals surface area contributed by atoms with Gasteiger partial charge in [0.15, 0.2) is 0 Å². The maximum atomic E-state index is 13.8. The quantitative estimate of drug-likeness (QED) is 0.788. The van der Waals surface area contributed by atoms with Gasteiger partial charge in [0, 0.05) is 12.6 Å². The number of likely N-dealkylation sites (tertiary alicyclic amines) is 1. The fourth-order valence-corrected chi connectivity index (χ4v) is 2.53. The van der Waals surface area contributed by atoms with E-state index in [0.29, 0.717) is 19.0 Å². The number of methoxy groups -OCH3 is 1. The predicted molar refractivity (Wildman–Crippen MR) is 71.8 cm³/mol. The van der Waals surface area contributed by atoms with Crippen LogP contribution in [0.5, 0.6) is 0 Å². The van der Waals surface area contributed by atoms with Crippen LogP contribution in [0.2, 0.25) is 0 Å². The lowest BCUT2D eigenvalue weighted by molar-refractivity contribution is -0.147. The third kappa shape index (κ3) is 3.04. The van der Waals surface area contributed by atoms with E-state index in [2.05, 4.69) is 0 Å². The summed E-state index contributed by atoms with van der Waals surface area (Å²) >= 11 is 0. The highest BCUT2D eigenvalue weighted by Gasteiger charge is 2.34. The second-order valence-corrected chi connectivity index (χ2v) is 5.11. The molecule has 1 atom stereocenters. The standard InChI is InChI=1S/C15H17F2NO3/c1-9-7-10(12(17)8-11(9)16)14(19)18-6-4-3-5-13(18)15(20)21-2/h7-8,13H,3-6H2,1-2H3/t13-/m1/s1. The van der Waals surface area contributed by atoms with Gasteiger partial charge in [-0.05, 0) is 37.8 Å². The number of rotatable bonds is 2. The molecule has 114 valence electrons. The summed E-state index contributed by atoms with van der Waals surface area (Å²) in [5.74, 6) is -2.74. The SMILES string of the molecule is COC(=O)[C@H]1CCCCN1C(=O)c1cc(C)c(F)cc1F. The maximum absolute atomic E-state index is 13.8. The van der Waals surface area contributed by atoms with Gasteiger partial charge in [0.05, 0.1) is 12.7 Å². The fourth-order valence-electron chi connectivity index (χ4n) is 2.53. The van der Waals surface area contributed by atoms with Gasteiger partial charge in [-0.25, -0.2) is 13.6 Å². The minimum atomic E-state index is -0.919. The van der Waals surface area contributed by atoms with E-state index in [1.54, 1.807) is 0 Å². The lowest BCUT2D eigenvalue weighted by Gasteiger charge is -2.33. The van der Waals surface area contributed by atoms with Crippen molar-refractivity contribution in [3.8, 4) is 0 Å². The summed E-state index contributed by atoms with van der Waals surface area (Å²) in [6.07, 6.45) is 2.02. The van der Waals surface area contributed by atoms with E-state index in [4.69, 9.17) is 4.74 Å². The number of carbonyl (C=O) groups is 2. The molecule has 1 aromatic carbocycles. The number of carbonyl (C=O) groups excluding carboxylic acids is 2. The van der Waals surface area contributed by atoms with Crippen molar-refractivity contribution in [1.29, 1.82) is 0 Å². The van der Waals surface area contributed by atoms with Gasteiger partial charge in [-0.15, -0.1) is 0 Å². The summed E-state index contributed by atoms with van der Waals surface area (Å²) in [7, 11) is 1.25. The summed E-state index contributed by atoms with van der Waals surface area (Å²) in [5, 5.41) is 0. The summed E-state index contributed by atoms with van der Waals surface area (Å²) < 4.78 is 31.8. The second-order valence-electron chi connectivity index (χ2n) is 5.11. The van der Waals surface area contributed by atoms with Crippen LogP contribution >= 0.6 is 0 Å². The number of esters is 1. The lowest BCUT2D eigenvalue weighted by Crippen LogP contribution is -2.48. The van der Waals surface area contributed by atoms with E-state index < -0.39 is 29.6 Å². The van der Waals surface area contributed by atoms with E-state index in [-0.39, 0.29) is 11.1 Å². The zero-order chi connectivity index (χ0) is 15.6. The number of aryl methyl sites for hydroxylation is 1. The molecule has 0 bridgehead atoms. The molecule has 0 aliphatic carbocycles. The molecule has 0 aromatic heterocycles. The highest BCUT2D eigenvalue weighted by atomic mass is 19.1. The fraction of sp³-hybridized carbons (Fsp3) is 0.467. The van der Waals surface area contributed by atoms with Crippen LogP contribution in [0.3, 0.4) is 0 Å². The minimum Gasteiger partial charge on any atom is -0.467 e. The van der Waals surface area contributed by atoms with Crippen LogP contribution in [0.25, 0.3) is 0 Å². The Bertz CT molecular complexity index is 574. The van der Waals surface area contributed by atoms with Crippen molar-refractivity contribution < 1.29 is 23.1 Å². The Morgan fingerprint density at radius 3 is 2.62 bits per heavy atom. The van der Waals surface area contributed by atoms with Gasteiger partial charge in [0.25, 0.3) is 5.91 Å². The van der Waals surface area contributed by atoms with Crippen LogP contribution in [-0.2, 0) is 9.53 Å². The number of hydrogen-bond acceptors (Lipinski definition) is 3. The van der Waals surface area contributed by atoms with Crippen LogP contribution in [0.4, 0.5) is 8.78 Å². The van der Waals surface area contributed by atoms with E-state index in [0.717, 1.165) is 12.8 Å². The van der Waals surface area contributed by atoms with Gasteiger partial charge in [-0.3, -0.25) is 4.79 Å². The predicted octanol–water partition coefficient (Wildman–Crippen LogP) is 2.44. The summed E-state index contributed by atoms with van der Waals surface area (Å²) in [6.45, 7) is 1.81. The average molecular weight is 297 g/mol. The number of amides is 1. The summed E-state index contributed by atoms with van der Waals surface area (Å²) in [6, 6.07) is 1.16. The molecular formula is C15H17F2NO3. The Balaban J connectivity index is 2.33. The molecule has 1 amide bonds. The molecule has 0 radical (unpaired) electrons. The van der Waals surface area contributed by atoms with Crippen LogP contribution in [-0.4, -0.2) is 36.5 Å². The number of ether oxygens (including phenoxy) is 1. The first-order chi connectivity index (χ1) is 9.95. The molecule has 1 heterocycles. The molecule has 0 N–H and O–H groups in total. The number of nitrogens with zero attached hydrogens (tertiary/aromatic N) is 1. The molecule has 2 rings (SSSR count). The molecule has 1 aliphatic heterocycles. The van der Waals surface area contributed by atoms with E-state index in [1.807, 2.05) is 0 Å². The van der Waals surface area contributed by atoms with Crippen LogP contribution in [0, 0.1) is 18.6 Å². The van der Waals surface area contributed by atoms with Crippen molar-refractivity contribution >= 4 is 11.9 Å². The molecule has 0 unspecified atom stereocenters. The lowest BCUT2D eigenvalue weighted by atomic mass is 10.00. The zero-order valence-electron chi connectivity index (χ0n) is 12.0.